The molecule has 1 N–H and O–H groups in total. The van der Waals surface area contributed by atoms with Crippen molar-refractivity contribution in [1.82, 2.24) is 10.4 Å². The van der Waals surface area contributed by atoms with Gasteiger partial charge in [0, 0.05) is 6.54 Å². The molecule has 102 valence electrons. The highest BCUT2D eigenvalue weighted by molar-refractivity contribution is 6.62. The van der Waals surface area contributed by atoms with Crippen LogP contribution in [-0.2, 0) is 6.42 Å². The molecule has 1 aliphatic heterocycles. The van der Waals surface area contributed by atoms with Crippen LogP contribution >= 0.6 is 11.6 Å². The van der Waals surface area contributed by atoms with Crippen LogP contribution in [0.1, 0.15) is 22.7 Å². The molecule has 2 aromatic rings. The maximum absolute atomic E-state index is 11.2. The number of hydrogen-bond donors (Lipinski definition) is 1. The lowest BCUT2D eigenvalue weighted by atomic mass is 9.89. The summed E-state index contributed by atoms with van der Waals surface area (Å²) in [5, 5.41) is 1.36. The molecule has 0 radical (unpaired) electrons. The Balaban J connectivity index is 2.05. The van der Waals surface area contributed by atoms with E-state index in [1.165, 1.54) is 11.1 Å². The molecule has 1 aliphatic rings. The van der Waals surface area contributed by atoms with Crippen molar-refractivity contribution in [2.24, 2.45) is 0 Å². The lowest BCUT2D eigenvalue weighted by Gasteiger charge is -2.37. The van der Waals surface area contributed by atoms with Gasteiger partial charge in [-0.3, -0.25) is 10.2 Å². The molecule has 4 heteroatoms. The number of nitrogens with one attached hydrogen (secondary N) is 1. The van der Waals surface area contributed by atoms with Crippen LogP contribution in [-0.4, -0.2) is 16.9 Å². The molecular formula is C16H15ClN2O. The van der Waals surface area contributed by atoms with Gasteiger partial charge in [0.1, 0.15) is 0 Å². The Labute approximate surface area is 123 Å². The third kappa shape index (κ3) is 2.55. The summed E-state index contributed by atoms with van der Waals surface area (Å²) in [6.07, 6.45) is 0.899. The number of nitrogens with zero attached hydrogens (tertiary/aromatic N) is 1. The Morgan fingerprint density at radius 2 is 1.80 bits per heavy atom. The maximum atomic E-state index is 11.2. The molecule has 1 atom stereocenters. The Bertz CT molecular complexity index is 615. The SMILES string of the molecule is O=C(Cl)NN1CCc2ccccc2C1c1ccccc1. The smallest absolute Gasteiger partial charge is 0.274 e. The van der Waals surface area contributed by atoms with Crippen molar-refractivity contribution in [1.29, 1.82) is 0 Å². The topological polar surface area (TPSA) is 32.3 Å². The van der Waals surface area contributed by atoms with Gasteiger partial charge in [-0.15, -0.1) is 0 Å². The number of hydrogen-bond acceptors (Lipinski definition) is 2. The summed E-state index contributed by atoms with van der Waals surface area (Å²) in [6, 6.07) is 18.5. The fourth-order valence-electron chi connectivity index (χ4n) is 2.79. The summed E-state index contributed by atoms with van der Waals surface area (Å²) < 4.78 is 0. The van der Waals surface area contributed by atoms with Gasteiger partial charge in [0.25, 0.3) is 0 Å². The van der Waals surface area contributed by atoms with Crippen molar-refractivity contribution in [2.45, 2.75) is 12.5 Å². The zero-order valence-electron chi connectivity index (χ0n) is 10.9. The van der Waals surface area contributed by atoms with Crippen molar-refractivity contribution < 1.29 is 4.79 Å². The normalized spacial score (nSPS) is 18.4. The van der Waals surface area contributed by atoms with E-state index in [-0.39, 0.29) is 6.04 Å². The zero-order valence-corrected chi connectivity index (χ0v) is 11.7. The first-order valence-corrected chi connectivity index (χ1v) is 6.99. The molecule has 0 saturated heterocycles. The van der Waals surface area contributed by atoms with Crippen LogP contribution in [0.25, 0.3) is 0 Å². The zero-order chi connectivity index (χ0) is 13.9. The number of carbonyl (C=O) groups excluding carboxylic acids is 1. The van der Waals surface area contributed by atoms with E-state index in [1.54, 1.807) is 0 Å². The largest absolute Gasteiger partial charge is 0.328 e. The summed E-state index contributed by atoms with van der Waals surface area (Å²) in [4.78, 5) is 11.2. The minimum absolute atomic E-state index is 0.00356. The van der Waals surface area contributed by atoms with Crippen molar-refractivity contribution >= 4 is 17.0 Å². The van der Waals surface area contributed by atoms with E-state index in [1.807, 2.05) is 29.3 Å². The minimum atomic E-state index is -0.551. The minimum Gasteiger partial charge on any atom is -0.274 e. The highest BCUT2D eigenvalue weighted by Gasteiger charge is 2.29. The van der Waals surface area contributed by atoms with Gasteiger partial charge in [0.2, 0.25) is 0 Å². The Morgan fingerprint density at radius 1 is 1.10 bits per heavy atom. The average Bonchev–Trinajstić information content (AvgIpc) is 2.47. The van der Waals surface area contributed by atoms with E-state index in [9.17, 15) is 4.79 Å². The molecular weight excluding hydrogens is 272 g/mol. The number of benzene rings is 2. The summed E-state index contributed by atoms with van der Waals surface area (Å²) in [7, 11) is 0. The lowest BCUT2D eigenvalue weighted by molar-refractivity contribution is 0.152. The number of hydrazine groups is 1. The number of halogens is 1. The highest BCUT2D eigenvalue weighted by atomic mass is 35.5. The van der Waals surface area contributed by atoms with Gasteiger partial charge in [-0.25, -0.2) is 5.01 Å². The number of amides is 1. The van der Waals surface area contributed by atoms with Crippen LogP contribution in [0, 0.1) is 0 Å². The van der Waals surface area contributed by atoms with E-state index >= 15 is 0 Å². The molecule has 0 bridgehead atoms. The van der Waals surface area contributed by atoms with Gasteiger partial charge in [-0.05, 0) is 34.7 Å². The second-order valence-electron chi connectivity index (χ2n) is 4.84. The van der Waals surface area contributed by atoms with Gasteiger partial charge >= 0.3 is 5.37 Å². The van der Waals surface area contributed by atoms with Crippen LogP contribution in [0.3, 0.4) is 0 Å². The predicted octanol–water partition coefficient (Wildman–Crippen LogP) is 3.50. The third-order valence-electron chi connectivity index (χ3n) is 3.63. The second-order valence-corrected chi connectivity index (χ2v) is 5.18. The first-order chi connectivity index (χ1) is 9.75. The molecule has 20 heavy (non-hydrogen) atoms. The maximum Gasteiger partial charge on any atom is 0.328 e. The lowest BCUT2D eigenvalue weighted by Crippen LogP contribution is -2.46. The van der Waals surface area contributed by atoms with Crippen LogP contribution in [0.4, 0.5) is 4.79 Å². The summed E-state index contributed by atoms with van der Waals surface area (Å²) in [6.45, 7) is 0.745. The predicted molar refractivity (Wildman–Crippen MR) is 79.5 cm³/mol. The van der Waals surface area contributed by atoms with Crippen molar-refractivity contribution in [3.63, 3.8) is 0 Å². The Hall–Kier alpha value is -1.84. The molecule has 3 nitrogen and oxygen atoms in total. The molecule has 0 fully saturated rings. The molecule has 0 aromatic heterocycles. The fraction of sp³-hybridized carbons (Fsp3) is 0.188. The van der Waals surface area contributed by atoms with E-state index in [0.29, 0.717) is 0 Å². The van der Waals surface area contributed by atoms with Crippen LogP contribution in [0.2, 0.25) is 0 Å². The van der Waals surface area contributed by atoms with Gasteiger partial charge in [-0.1, -0.05) is 54.6 Å². The molecule has 0 spiro atoms. The Morgan fingerprint density at radius 3 is 2.55 bits per heavy atom. The molecule has 1 heterocycles. The number of carbonyl (C=O) groups is 1. The van der Waals surface area contributed by atoms with Gasteiger partial charge < -0.3 is 0 Å². The van der Waals surface area contributed by atoms with Gasteiger partial charge in [0.05, 0.1) is 6.04 Å². The monoisotopic (exact) mass is 286 g/mol. The van der Waals surface area contributed by atoms with E-state index in [4.69, 9.17) is 11.6 Å². The van der Waals surface area contributed by atoms with Gasteiger partial charge in [-0.2, -0.15) is 0 Å². The average molecular weight is 287 g/mol. The first-order valence-electron chi connectivity index (χ1n) is 6.61. The van der Waals surface area contributed by atoms with Gasteiger partial charge in [0.15, 0.2) is 0 Å². The molecule has 0 aliphatic carbocycles. The van der Waals surface area contributed by atoms with E-state index in [0.717, 1.165) is 18.5 Å². The van der Waals surface area contributed by atoms with Crippen molar-refractivity contribution in [3.05, 3.63) is 71.3 Å². The van der Waals surface area contributed by atoms with Crippen LogP contribution < -0.4 is 5.43 Å². The summed E-state index contributed by atoms with van der Waals surface area (Å²) >= 11 is 5.50. The second kappa shape index (κ2) is 5.65. The van der Waals surface area contributed by atoms with Crippen molar-refractivity contribution in [2.75, 3.05) is 6.54 Å². The molecule has 1 amide bonds. The summed E-state index contributed by atoms with van der Waals surface area (Å²) in [5.74, 6) is 0. The number of rotatable bonds is 2. The quantitative estimate of drug-likeness (QED) is 0.677. The molecule has 3 rings (SSSR count). The number of fused-ring (bicyclic) bond motifs is 1. The van der Waals surface area contributed by atoms with E-state index in [2.05, 4.69) is 35.8 Å². The highest BCUT2D eigenvalue weighted by Crippen LogP contribution is 2.33. The standard InChI is InChI=1S/C16H15ClN2O/c17-16(20)18-19-11-10-12-6-4-5-9-14(12)15(19)13-7-2-1-3-8-13/h1-9,15H,10-11H2,(H,18,20). The van der Waals surface area contributed by atoms with E-state index < -0.39 is 5.37 Å². The van der Waals surface area contributed by atoms with Crippen LogP contribution in [0.15, 0.2) is 54.6 Å². The molecule has 1 unspecified atom stereocenters. The first kappa shape index (κ1) is 13.2. The fourth-order valence-corrected chi connectivity index (χ4v) is 2.90. The summed E-state index contributed by atoms with van der Waals surface area (Å²) in [5.41, 5.74) is 6.41. The third-order valence-corrected chi connectivity index (χ3v) is 3.71. The molecule has 2 aromatic carbocycles. The van der Waals surface area contributed by atoms with Crippen molar-refractivity contribution in [3.8, 4) is 0 Å². The Kier molecular flexibility index (Phi) is 3.72. The molecule has 0 saturated carbocycles. The van der Waals surface area contributed by atoms with Crippen LogP contribution in [0.5, 0.6) is 0 Å².